The number of aromatic nitrogens is 2. The van der Waals surface area contributed by atoms with E-state index in [1.54, 1.807) is 6.92 Å². The Hall–Kier alpha value is -2.45. The molecule has 3 rings (SSSR count). The summed E-state index contributed by atoms with van der Waals surface area (Å²) in [5.41, 5.74) is -0.0519. The van der Waals surface area contributed by atoms with E-state index >= 15 is 0 Å². The highest BCUT2D eigenvalue weighted by Gasteiger charge is 2.34. The molecule has 2 fully saturated rings. The van der Waals surface area contributed by atoms with Crippen molar-refractivity contribution in [1.29, 1.82) is 0 Å². The van der Waals surface area contributed by atoms with Crippen LogP contribution in [0.4, 0.5) is 17.3 Å². The molecule has 1 aromatic heterocycles. The number of anilines is 2. The van der Waals surface area contributed by atoms with E-state index in [-0.39, 0.29) is 22.5 Å². The highest BCUT2D eigenvalue weighted by molar-refractivity contribution is 5.75. The van der Waals surface area contributed by atoms with Gasteiger partial charge in [0.1, 0.15) is 6.33 Å². The lowest BCUT2D eigenvalue weighted by molar-refractivity contribution is -0.383. The standard InChI is InChI=1S/C18H27N5O4/c1-2-27-18(24)14-8-7-11-22(12-14)17-15(23(25)26)16(19-13-20-17)21-9-5-3-4-6-10-21/h13-14H,2-12H2,1H3. The van der Waals surface area contributed by atoms with Gasteiger partial charge >= 0.3 is 11.7 Å². The minimum absolute atomic E-state index is 0.0519. The van der Waals surface area contributed by atoms with E-state index in [1.807, 2.05) is 9.80 Å². The van der Waals surface area contributed by atoms with Crippen LogP contribution in [0, 0.1) is 16.0 Å². The first kappa shape index (κ1) is 19.3. The first-order chi connectivity index (χ1) is 13.1. The van der Waals surface area contributed by atoms with Gasteiger partial charge in [0.15, 0.2) is 0 Å². The lowest BCUT2D eigenvalue weighted by Gasteiger charge is -2.32. The van der Waals surface area contributed by atoms with Crippen molar-refractivity contribution in [2.45, 2.75) is 45.4 Å². The van der Waals surface area contributed by atoms with Crippen LogP contribution in [0.2, 0.25) is 0 Å². The Labute approximate surface area is 158 Å². The smallest absolute Gasteiger partial charge is 0.353 e. The summed E-state index contributed by atoms with van der Waals surface area (Å²) in [6, 6.07) is 0. The fourth-order valence-corrected chi connectivity index (χ4v) is 3.89. The Balaban J connectivity index is 1.89. The van der Waals surface area contributed by atoms with Gasteiger partial charge in [-0.3, -0.25) is 14.9 Å². The molecular formula is C18H27N5O4. The molecule has 1 unspecified atom stereocenters. The zero-order valence-corrected chi connectivity index (χ0v) is 15.8. The number of carbonyl (C=O) groups excluding carboxylic acids is 1. The maximum absolute atomic E-state index is 12.1. The first-order valence-electron chi connectivity index (χ1n) is 9.77. The molecule has 148 valence electrons. The average molecular weight is 377 g/mol. The molecule has 27 heavy (non-hydrogen) atoms. The summed E-state index contributed by atoms with van der Waals surface area (Å²) in [7, 11) is 0. The largest absolute Gasteiger partial charge is 0.466 e. The van der Waals surface area contributed by atoms with Gasteiger partial charge in [-0.2, -0.15) is 0 Å². The lowest BCUT2D eigenvalue weighted by atomic mass is 9.98. The monoisotopic (exact) mass is 377 g/mol. The number of carbonyl (C=O) groups is 1. The average Bonchev–Trinajstić information content (AvgIpc) is 2.97. The van der Waals surface area contributed by atoms with Crippen LogP contribution >= 0.6 is 0 Å². The van der Waals surface area contributed by atoms with Crippen LogP contribution in [0.15, 0.2) is 6.33 Å². The Kier molecular flexibility index (Phi) is 6.41. The second-order valence-electron chi connectivity index (χ2n) is 7.07. The highest BCUT2D eigenvalue weighted by Crippen LogP contribution is 2.36. The van der Waals surface area contributed by atoms with Gasteiger partial charge < -0.3 is 14.5 Å². The van der Waals surface area contributed by atoms with E-state index < -0.39 is 0 Å². The van der Waals surface area contributed by atoms with E-state index in [2.05, 4.69) is 9.97 Å². The van der Waals surface area contributed by atoms with Gasteiger partial charge in [-0.1, -0.05) is 12.8 Å². The van der Waals surface area contributed by atoms with Crippen LogP contribution in [0.5, 0.6) is 0 Å². The molecule has 0 bridgehead atoms. The summed E-state index contributed by atoms with van der Waals surface area (Å²) in [6.07, 6.45) is 7.18. The molecule has 2 aliphatic rings. The molecule has 9 nitrogen and oxygen atoms in total. The molecular weight excluding hydrogens is 350 g/mol. The number of ether oxygens (including phenoxy) is 1. The number of hydrogen-bond donors (Lipinski definition) is 0. The van der Waals surface area contributed by atoms with Crippen LogP contribution < -0.4 is 9.80 Å². The third kappa shape index (κ3) is 4.45. The van der Waals surface area contributed by atoms with Crippen molar-refractivity contribution in [3.63, 3.8) is 0 Å². The third-order valence-electron chi connectivity index (χ3n) is 5.21. The number of esters is 1. The van der Waals surface area contributed by atoms with Crippen molar-refractivity contribution in [2.24, 2.45) is 5.92 Å². The summed E-state index contributed by atoms with van der Waals surface area (Å²) < 4.78 is 5.14. The van der Waals surface area contributed by atoms with Gasteiger partial charge in [0.2, 0.25) is 11.6 Å². The number of piperidine rings is 1. The van der Waals surface area contributed by atoms with Gasteiger partial charge in [-0.05, 0) is 32.6 Å². The first-order valence-corrected chi connectivity index (χ1v) is 9.77. The van der Waals surface area contributed by atoms with Crippen molar-refractivity contribution in [3.05, 3.63) is 16.4 Å². The molecule has 9 heteroatoms. The summed E-state index contributed by atoms with van der Waals surface area (Å²) in [4.78, 5) is 36.0. The molecule has 0 aliphatic carbocycles. The van der Waals surface area contributed by atoms with Gasteiger partial charge in [-0.25, -0.2) is 9.97 Å². The van der Waals surface area contributed by atoms with Crippen molar-refractivity contribution >= 4 is 23.3 Å². The van der Waals surface area contributed by atoms with E-state index in [9.17, 15) is 14.9 Å². The van der Waals surface area contributed by atoms with E-state index in [0.717, 1.165) is 51.6 Å². The zero-order chi connectivity index (χ0) is 19.2. The van der Waals surface area contributed by atoms with Gasteiger partial charge in [0.25, 0.3) is 0 Å². The lowest BCUT2D eigenvalue weighted by Crippen LogP contribution is -2.40. The van der Waals surface area contributed by atoms with E-state index in [4.69, 9.17) is 4.74 Å². The van der Waals surface area contributed by atoms with Crippen molar-refractivity contribution in [2.75, 3.05) is 42.6 Å². The van der Waals surface area contributed by atoms with Gasteiger partial charge in [0, 0.05) is 26.2 Å². The molecule has 2 aliphatic heterocycles. The Morgan fingerprint density at radius 2 is 1.78 bits per heavy atom. The van der Waals surface area contributed by atoms with Crippen LogP contribution in [-0.2, 0) is 9.53 Å². The maximum atomic E-state index is 12.1. The Morgan fingerprint density at radius 3 is 2.41 bits per heavy atom. The summed E-state index contributed by atoms with van der Waals surface area (Å²) >= 11 is 0. The normalized spacial score (nSPS) is 20.9. The van der Waals surface area contributed by atoms with E-state index in [0.29, 0.717) is 31.3 Å². The summed E-state index contributed by atoms with van der Waals surface area (Å²) in [5, 5.41) is 11.9. The van der Waals surface area contributed by atoms with Gasteiger partial charge in [-0.15, -0.1) is 0 Å². The molecule has 0 aromatic carbocycles. The fraction of sp³-hybridized carbons (Fsp3) is 0.722. The number of hydrogen-bond acceptors (Lipinski definition) is 8. The Bertz CT molecular complexity index is 676. The molecule has 1 aromatic rings. The maximum Gasteiger partial charge on any atom is 0.353 e. The second-order valence-corrected chi connectivity index (χ2v) is 7.07. The van der Waals surface area contributed by atoms with Crippen molar-refractivity contribution < 1.29 is 14.5 Å². The van der Waals surface area contributed by atoms with Crippen LogP contribution in [0.1, 0.15) is 45.4 Å². The number of nitro groups is 1. The van der Waals surface area contributed by atoms with Crippen molar-refractivity contribution in [1.82, 2.24) is 9.97 Å². The van der Waals surface area contributed by atoms with E-state index in [1.165, 1.54) is 6.33 Å². The summed E-state index contributed by atoms with van der Waals surface area (Å²) in [6.45, 7) is 4.66. The van der Waals surface area contributed by atoms with Crippen LogP contribution in [-0.4, -0.2) is 53.6 Å². The molecule has 2 saturated heterocycles. The SMILES string of the molecule is CCOC(=O)C1CCCN(c2ncnc(N3CCCCCC3)c2[N+](=O)[O-])C1. The zero-order valence-electron chi connectivity index (χ0n) is 15.8. The second kappa shape index (κ2) is 8.96. The number of nitrogens with zero attached hydrogens (tertiary/aromatic N) is 5. The topological polar surface area (TPSA) is 102 Å². The highest BCUT2D eigenvalue weighted by atomic mass is 16.6. The molecule has 3 heterocycles. The molecule has 0 amide bonds. The molecule has 0 N–H and O–H groups in total. The predicted molar refractivity (Wildman–Crippen MR) is 101 cm³/mol. The minimum Gasteiger partial charge on any atom is -0.466 e. The number of rotatable bonds is 5. The molecule has 1 atom stereocenters. The van der Waals surface area contributed by atoms with Crippen LogP contribution in [0.25, 0.3) is 0 Å². The Morgan fingerprint density at radius 1 is 1.15 bits per heavy atom. The van der Waals surface area contributed by atoms with Gasteiger partial charge in [0.05, 0.1) is 17.4 Å². The van der Waals surface area contributed by atoms with Crippen molar-refractivity contribution in [3.8, 4) is 0 Å². The summed E-state index contributed by atoms with van der Waals surface area (Å²) in [5.74, 6) is 0.176. The third-order valence-corrected chi connectivity index (χ3v) is 5.21. The predicted octanol–water partition coefficient (Wildman–Crippen LogP) is 2.54. The van der Waals surface area contributed by atoms with Crippen LogP contribution in [0.3, 0.4) is 0 Å². The minimum atomic E-state index is -0.385. The molecule has 0 saturated carbocycles. The molecule has 0 radical (unpaired) electrons. The quantitative estimate of drug-likeness (QED) is 0.438. The fourth-order valence-electron chi connectivity index (χ4n) is 3.89. The molecule has 0 spiro atoms.